The quantitative estimate of drug-likeness (QED) is 0.457. The molecule has 2 aromatic carbocycles. The molecule has 174 valence electrons. The number of methoxy groups -OCH3 is 1. The molecule has 1 saturated heterocycles. The van der Waals surface area contributed by atoms with E-state index < -0.39 is 0 Å². The first-order valence-electron chi connectivity index (χ1n) is 11.6. The third-order valence-electron chi connectivity index (χ3n) is 6.44. The Balaban J connectivity index is 1.42. The number of fused-ring (bicyclic) bond motifs is 1. The van der Waals surface area contributed by atoms with Gasteiger partial charge in [-0.2, -0.15) is 5.10 Å². The number of rotatable bonds is 5. The van der Waals surface area contributed by atoms with Gasteiger partial charge in [0.25, 0.3) is 5.91 Å². The van der Waals surface area contributed by atoms with Gasteiger partial charge in [0.1, 0.15) is 5.75 Å². The molecule has 0 unspecified atom stereocenters. The molecule has 0 saturated carbocycles. The highest BCUT2D eigenvalue weighted by atomic mass is 16.5. The van der Waals surface area contributed by atoms with Gasteiger partial charge in [-0.25, -0.2) is 4.52 Å². The number of anilines is 1. The predicted octanol–water partition coefficient (Wildman–Crippen LogP) is 3.63. The molecule has 8 heteroatoms. The van der Waals surface area contributed by atoms with Crippen molar-refractivity contribution in [2.45, 2.75) is 20.3 Å². The summed E-state index contributed by atoms with van der Waals surface area (Å²) in [6, 6.07) is 18.1. The number of piperazine rings is 1. The molecule has 1 aliphatic heterocycles. The summed E-state index contributed by atoms with van der Waals surface area (Å²) < 4.78 is 7.05. The first kappa shape index (κ1) is 21.9. The van der Waals surface area contributed by atoms with Gasteiger partial charge >= 0.3 is 0 Å². The normalized spacial score (nSPS) is 14.0. The van der Waals surface area contributed by atoms with E-state index in [0.717, 1.165) is 42.1 Å². The number of aromatic nitrogens is 4. The van der Waals surface area contributed by atoms with Crippen LogP contribution in [0.2, 0.25) is 0 Å². The van der Waals surface area contributed by atoms with Gasteiger partial charge in [-0.05, 0) is 43.2 Å². The van der Waals surface area contributed by atoms with Gasteiger partial charge in [-0.3, -0.25) is 4.79 Å². The second-order valence-corrected chi connectivity index (χ2v) is 8.39. The average molecular weight is 457 g/mol. The average Bonchev–Trinajstić information content (AvgIpc) is 3.29. The van der Waals surface area contributed by atoms with Crippen molar-refractivity contribution in [2.24, 2.45) is 0 Å². The maximum Gasteiger partial charge on any atom is 0.276 e. The highest BCUT2D eigenvalue weighted by Gasteiger charge is 2.27. The molecule has 3 heterocycles. The third-order valence-corrected chi connectivity index (χ3v) is 6.44. The zero-order valence-electron chi connectivity index (χ0n) is 19.7. The number of aryl methyl sites for hydroxylation is 2. The van der Waals surface area contributed by atoms with Crippen molar-refractivity contribution in [3.05, 3.63) is 71.7 Å². The molecule has 0 atom stereocenters. The molecule has 2 aromatic heterocycles. The minimum absolute atomic E-state index is 0.0980. The number of para-hydroxylation sites is 1. The van der Waals surface area contributed by atoms with Crippen LogP contribution in [-0.2, 0) is 6.42 Å². The summed E-state index contributed by atoms with van der Waals surface area (Å²) in [5.41, 5.74) is 5.76. The van der Waals surface area contributed by atoms with Crippen LogP contribution in [0.25, 0.3) is 16.8 Å². The number of ether oxygens (including phenoxy) is 1. The summed E-state index contributed by atoms with van der Waals surface area (Å²) >= 11 is 0. The number of benzene rings is 2. The van der Waals surface area contributed by atoms with Crippen LogP contribution in [0, 0.1) is 6.92 Å². The highest BCUT2D eigenvalue weighted by molar-refractivity contribution is 5.94. The van der Waals surface area contributed by atoms with Gasteiger partial charge in [0.05, 0.1) is 24.1 Å². The summed E-state index contributed by atoms with van der Waals surface area (Å²) in [7, 11) is 1.65. The molecule has 0 N–H and O–H groups in total. The molecule has 8 nitrogen and oxygen atoms in total. The molecule has 1 amide bonds. The first-order valence-corrected chi connectivity index (χ1v) is 11.6. The van der Waals surface area contributed by atoms with Crippen LogP contribution < -0.4 is 9.64 Å². The number of nitrogens with zero attached hydrogens (tertiary/aromatic N) is 6. The van der Waals surface area contributed by atoms with Crippen LogP contribution in [0.5, 0.6) is 5.75 Å². The minimum atomic E-state index is -0.0980. The van der Waals surface area contributed by atoms with Gasteiger partial charge in [-0.1, -0.05) is 37.3 Å². The van der Waals surface area contributed by atoms with Crippen LogP contribution in [0.1, 0.15) is 28.8 Å². The van der Waals surface area contributed by atoms with Crippen molar-refractivity contribution in [1.82, 2.24) is 24.7 Å². The van der Waals surface area contributed by atoms with E-state index in [4.69, 9.17) is 9.84 Å². The van der Waals surface area contributed by atoms with E-state index in [1.807, 2.05) is 54.3 Å². The molecular weight excluding hydrogens is 428 g/mol. The van der Waals surface area contributed by atoms with Crippen LogP contribution >= 0.6 is 0 Å². The Kier molecular flexibility index (Phi) is 5.88. The Labute approximate surface area is 198 Å². The van der Waals surface area contributed by atoms with Crippen LogP contribution in [0.4, 0.5) is 5.69 Å². The van der Waals surface area contributed by atoms with Crippen molar-refractivity contribution >= 4 is 17.2 Å². The predicted molar refractivity (Wildman–Crippen MR) is 131 cm³/mol. The molecule has 34 heavy (non-hydrogen) atoms. The second-order valence-electron chi connectivity index (χ2n) is 8.39. The van der Waals surface area contributed by atoms with Gasteiger partial charge in [-0.15, -0.1) is 10.2 Å². The first-order chi connectivity index (χ1) is 16.6. The number of carbonyl (C=O) groups excluding carboxylic acids is 1. The van der Waals surface area contributed by atoms with Gasteiger partial charge in [0.2, 0.25) is 0 Å². The van der Waals surface area contributed by atoms with E-state index in [1.54, 1.807) is 11.6 Å². The zero-order chi connectivity index (χ0) is 23.7. The van der Waals surface area contributed by atoms with Crippen molar-refractivity contribution in [3.8, 4) is 16.9 Å². The number of hydrogen-bond donors (Lipinski definition) is 0. The molecule has 0 spiro atoms. The fourth-order valence-electron chi connectivity index (χ4n) is 4.50. The molecular formula is C26H28N6O2. The summed E-state index contributed by atoms with van der Waals surface area (Å²) in [6.45, 7) is 6.81. The smallest absolute Gasteiger partial charge is 0.276 e. The fraction of sp³-hybridized carbons (Fsp3) is 0.308. The monoisotopic (exact) mass is 456 g/mol. The van der Waals surface area contributed by atoms with E-state index in [0.29, 0.717) is 30.1 Å². The van der Waals surface area contributed by atoms with E-state index in [-0.39, 0.29) is 5.91 Å². The second kappa shape index (κ2) is 9.13. The lowest BCUT2D eigenvalue weighted by atomic mass is 10.0. The molecule has 1 aliphatic rings. The summed E-state index contributed by atoms with van der Waals surface area (Å²) in [5.74, 6) is 0.694. The lowest BCUT2D eigenvalue weighted by molar-refractivity contribution is 0.0738. The molecule has 0 aliphatic carbocycles. The fourth-order valence-corrected chi connectivity index (χ4v) is 4.50. The van der Waals surface area contributed by atoms with Gasteiger partial charge in [0.15, 0.2) is 11.3 Å². The Morgan fingerprint density at radius 3 is 2.32 bits per heavy atom. The highest BCUT2D eigenvalue weighted by Crippen LogP contribution is 2.30. The van der Waals surface area contributed by atoms with E-state index in [9.17, 15) is 4.79 Å². The zero-order valence-corrected chi connectivity index (χ0v) is 19.7. The Morgan fingerprint density at radius 1 is 0.971 bits per heavy atom. The maximum absolute atomic E-state index is 13.4. The number of carbonyl (C=O) groups is 1. The van der Waals surface area contributed by atoms with Crippen LogP contribution in [-0.4, -0.2) is 63.9 Å². The van der Waals surface area contributed by atoms with Gasteiger partial charge in [0, 0.05) is 31.9 Å². The SMILES string of the molecule is CCc1nn2c(C)c(C(=O)N3CCN(c4ccccc4)CC3)nnc2c1-c1ccc(OC)cc1. The molecule has 0 radical (unpaired) electrons. The van der Waals surface area contributed by atoms with Crippen LogP contribution in [0.15, 0.2) is 54.6 Å². The van der Waals surface area contributed by atoms with Gasteiger partial charge < -0.3 is 14.5 Å². The van der Waals surface area contributed by atoms with Crippen molar-refractivity contribution in [2.75, 3.05) is 38.2 Å². The molecule has 1 fully saturated rings. The topological polar surface area (TPSA) is 75.9 Å². The largest absolute Gasteiger partial charge is 0.497 e. The molecule has 5 rings (SSSR count). The van der Waals surface area contributed by atoms with Crippen molar-refractivity contribution in [1.29, 1.82) is 0 Å². The summed E-state index contributed by atoms with van der Waals surface area (Å²) in [4.78, 5) is 17.5. The minimum Gasteiger partial charge on any atom is -0.497 e. The lowest BCUT2D eigenvalue weighted by Gasteiger charge is -2.36. The molecule has 4 aromatic rings. The lowest BCUT2D eigenvalue weighted by Crippen LogP contribution is -2.49. The summed E-state index contributed by atoms with van der Waals surface area (Å²) in [6.07, 6.45) is 0.745. The number of amides is 1. The van der Waals surface area contributed by atoms with Crippen LogP contribution in [0.3, 0.4) is 0 Å². The Morgan fingerprint density at radius 2 is 1.68 bits per heavy atom. The van der Waals surface area contributed by atoms with E-state index in [1.165, 1.54) is 5.69 Å². The van der Waals surface area contributed by atoms with E-state index in [2.05, 4.69) is 34.2 Å². The van der Waals surface area contributed by atoms with Crippen molar-refractivity contribution < 1.29 is 9.53 Å². The number of hydrogen-bond acceptors (Lipinski definition) is 6. The third kappa shape index (κ3) is 3.85. The maximum atomic E-state index is 13.4. The molecule has 0 bridgehead atoms. The Bertz CT molecular complexity index is 1310. The summed E-state index contributed by atoms with van der Waals surface area (Å²) in [5, 5.41) is 13.6. The van der Waals surface area contributed by atoms with Crippen molar-refractivity contribution in [3.63, 3.8) is 0 Å². The van der Waals surface area contributed by atoms with E-state index >= 15 is 0 Å². The standard InChI is InChI=1S/C26H28N6O2/c1-4-22-23(19-10-12-21(34-3)13-11-19)25-28-27-24(18(2)32(25)29-22)26(33)31-16-14-30(15-17-31)20-8-6-5-7-9-20/h5-13H,4,14-17H2,1-3H3. The Hall–Kier alpha value is -3.94.